The number of carbonyl (C=O) groups excluding carboxylic acids is 3. The third-order valence-electron chi connectivity index (χ3n) is 3.37. The molecule has 7 nitrogen and oxygen atoms in total. The number of fused-ring (bicyclic) bond motifs is 1. The van der Waals surface area contributed by atoms with Gasteiger partial charge in [-0.3, -0.25) is 9.59 Å². The molecule has 7 heteroatoms. The number of amides is 2. The Morgan fingerprint density at radius 1 is 0.917 bits per heavy atom. The summed E-state index contributed by atoms with van der Waals surface area (Å²) in [7, 11) is 1.54. The first-order valence-electron chi connectivity index (χ1n) is 7.05. The van der Waals surface area contributed by atoms with Gasteiger partial charge in [0.15, 0.2) is 6.61 Å². The first-order chi connectivity index (χ1) is 11.6. The number of hydroxylamine groups is 2. The average Bonchev–Trinajstić information content (AvgIpc) is 2.86. The fraction of sp³-hybridized carbons (Fsp3) is 0.118. The molecule has 1 aliphatic rings. The van der Waals surface area contributed by atoms with E-state index in [1.165, 1.54) is 19.2 Å². The normalized spacial score (nSPS) is 12.8. The van der Waals surface area contributed by atoms with E-state index in [1.54, 1.807) is 36.4 Å². The summed E-state index contributed by atoms with van der Waals surface area (Å²) in [5.41, 5.74) is 0.401. The number of carbonyl (C=O) groups is 3. The van der Waals surface area contributed by atoms with Crippen LogP contribution in [0.25, 0.3) is 0 Å². The highest BCUT2D eigenvalue weighted by molar-refractivity contribution is 6.20. The standard InChI is InChI=1S/C17H13NO6/c1-22-11-6-8-12(9-7-11)23-10-15(19)24-18-16(20)13-4-2-3-5-14(13)17(18)21/h2-9H,10H2,1H3. The van der Waals surface area contributed by atoms with Crippen molar-refractivity contribution in [2.45, 2.75) is 0 Å². The summed E-state index contributed by atoms with van der Waals surface area (Å²) >= 11 is 0. The summed E-state index contributed by atoms with van der Waals surface area (Å²) in [5, 5.41) is 0.449. The maximum Gasteiger partial charge on any atom is 0.370 e. The van der Waals surface area contributed by atoms with E-state index < -0.39 is 24.4 Å². The second-order valence-electron chi connectivity index (χ2n) is 4.88. The van der Waals surface area contributed by atoms with Gasteiger partial charge in [-0.05, 0) is 36.4 Å². The van der Waals surface area contributed by atoms with E-state index in [0.29, 0.717) is 16.6 Å². The number of hydrogen-bond donors (Lipinski definition) is 0. The van der Waals surface area contributed by atoms with Crippen molar-refractivity contribution < 1.29 is 28.7 Å². The largest absolute Gasteiger partial charge is 0.497 e. The Bertz CT molecular complexity index is 764. The van der Waals surface area contributed by atoms with Crippen molar-refractivity contribution in [3.8, 4) is 11.5 Å². The zero-order valence-corrected chi connectivity index (χ0v) is 12.7. The maximum atomic E-state index is 12.1. The molecule has 122 valence electrons. The molecule has 1 heterocycles. The van der Waals surface area contributed by atoms with Gasteiger partial charge >= 0.3 is 5.97 Å². The van der Waals surface area contributed by atoms with Crippen LogP contribution in [0.1, 0.15) is 20.7 Å². The maximum absolute atomic E-state index is 12.1. The van der Waals surface area contributed by atoms with Gasteiger partial charge in [-0.15, -0.1) is 0 Å². The number of imide groups is 1. The van der Waals surface area contributed by atoms with Crippen molar-refractivity contribution >= 4 is 17.8 Å². The molecule has 0 N–H and O–H groups in total. The quantitative estimate of drug-likeness (QED) is 0.779. The molecule has 2 aromatic carbocycles. The van der Waals surface area contributed by atoms with Crippen LogP contribution in [0, 0.1) is 0 Å². The molecule has 0 aliphatic carbocycles. The summed E-state index contributed by atoms with van der Waals surface area (Å²) in [6, 6.07) is 12.8. The lowest BCUT2D eigenvalue weighted by atomic mass is 10.1. The Morgan fingerprint density at radius 3 is 2.00 bits per heavy atom. The first-order valence-corrected chi connectivity index (χ1v) is 7.05. The topological polar surface area (TPSA) is 82.1 Å². The third kappa shape index (κ3) is 2.91. The lowest BCUT2D eigenvalue weighted by molar-refractivity contribution is -0.170. The van der Waals surface area contributed by atoms with Crippen LogP contribution in [0.2, 0.25) is 0 Å². The molecule has 0 bridgehead atoms. The molecule has 24 heavy (non-hydrogen) atoms. The van der Waals surface area contributed by atoms with Crippen LogP contribution in [-0.4, -0.2) is 36.6 Å². The Hall–Kier alpha value is -3.35. The minimum Gasteiger partial charge on any atom is -0.497 e. The minimum absolute atomic E-state index is 0.200. The summed E-state index contributed by atoms with van der Waals surface area (Å²) in [5.74, 6) is -1.13. The molecule has 0 fully saturated rings. The van der Waals surface area contributed by atoms with E-state index in [4.69, 9.17) is 14.3 Å². The Kier molecular flexibility index (Phi) is 4.15. The van der Waals surface area contributed by atoms with Gasteiger partial charge in [0.1, 0.15) is 11.5 Å². The van der Waals surface area contributed by atoms with Crippen molar-refractivity contribution in [1.82, 2.24) is 5.06 Å². The van der Waals surface area contributed by atoms with Crippen LogP contribution in [0.3, 0.4) is 0 Å². The Balaban J connectivity index is 1.59. The Morgan fingerprint density at radius 2 is 1.46 bits per heavy atom. The van der Waals surface area contributed by atoms with Crippen molar-refractivity contribution in [1.29, 1.82) is 0 Å². The molecule has 0 unspecified atom stereocenters. The summed E-state index contributed by atoms with van der Waals surface area (Å²) in [4.78, 5) is 40.8. The summed E-state index contributed by atoms with van der Waals surface area (Å²) in [6.07, 6.45) is 0. The fourth-order valence-electron chi connectivity index (χ4n) is 2.19. The summed E-state index contributed by atoms with van der Waals surface area (Å²) in [6.45, 7) is -0.445. The molecule has 0 radical (unpaired) electrons. The molecule has 1 aliphatic heterocycles. The third-order valence-corrected chi connectivity index (χ3v) is 3.37. The van der Waals surface area contributed by atoms with Gasteiger partial charge in [0.25, 0.3) is 11.8 Å². The zero-order valence-electron chi connectivity index (χ0n) is 12.7. The van der Waals surface area contributed by atoms with E-state index in [0.717, 1.165) is 0 Å². The average molecular weight is 327 g/mol. The van der Waals surface area contributed by atoms with Crippen molar-refractivity contribution in [3.63, 3.8) is 0 Å². The predicted octanol–water partition coefficient (Wildman–Crippen LogP) is 1.83. The van der Waals surface area contributed by atoms with Crippen LogP contribution in [-0.2, 0) is 9.63 Å². The lowest BCUT2D eigenvalue weighted by Crippen LogP contribution is -2.34. The van der Waals surface area contributed by atoms with Crippen molar-refractivity contribution in [2.75, 3.05) is 13.7 Å². The number of methoxy groups -OCH3 is 1. The second kappa shape index (κ2) is 6.41. The van der Waals surface area contributed by atoms with E-state index in [9.17, 15) is 14.4 Å². The number of hydrogen-bond acceptors (Lipinski definition) is 6. The molecule has 2 amide bonds. The van der Waals surface area contributed by atoms with E-state index in [2.05, 4.69) is 0 Å². The highest BCUT2D eigenvalue weighted by Gasteiger charge is 2.38. The van der Waals surface area contributed by atoms with Gasteiger partial charge in [-0.2, -0.15) is 0 Å². The van der Waals surface area contributed by atoms with Crippen LogP contribution < -0.4 is 9.47 Å². The van der Waals surface area contributed by atoms with Crippen LogP contribution in [0.15, 0.2) is 48.5 Å². The molecule has 0 saturated heterocycles. The van der Waals surface area contributed by atoms with Crippen molar-refractivity contribution in [2.24, 2.45) is 0 Å². The van der Waals surface area contributed by atoms with Gasteiger partial charge in [-0.25, -0.2) is 4.79 Å². The second-order valence-corrected chi connectivity index (χ2v) is 4.88. The van der Waals surface area contributed by atoms with Crippen LogP contribution in [0.4, 0.5) is 0 Å². The van der Waals surface area contributed by atoms with E-state index in [-0.39, 0.29) is 11.1 Å². The summed E-state index contributed by atoms with van der Waals surface area (Å²) < 4.78 is 10.3. The highest BCUT2D eigenvalue weighted by Crippen LogP contribution is 2.23. The van der Waals surface area contributed by atoms with Gasteiger partial charge in [0, 0.05) is 0 Å². The molecule has 0 spiro atoms. The molecular weight excluding hydrogens is 314 g/mol. The first kappa shape index (κ1) is 15.5. The molecule has 0 aromatic heterocycles. The SMILES string of the molecule is COc1ccc(OCC(=O)ON2C(=O)c3ccccc3C2=O)cc1. The van der Waals surface area contributed by atoms with Crippen LogP contribution >= 0.6 is 0 Å². The number of nitrogens with zero attached hydrogens (tertiary/aromatic N) is 1. The molecule has 2 aromatic rings. The minimum atomic E-state index is -0.861. The monoisotopic (exact) mass is 327 g/mol. The van der Waals surface area contributed by atoms with Crippen molar-refractivity contribution in [3.05, 3.63) is 59.7 Å². The number of rotatable bonds is 5. The molecule has 3 rings (SSSR count). The van der Waals surface area contributed by atoms with Gasteiger partial charge in [-0.1, -0.05) is 17.2 Å². The lowest BCUT2D eigenvalue weighted by Gasteiger charge is -2.13. The van der Waals surface area contributed by atoms with Gasteiger partial charge < -0.3 is 14.3 Å². The number of benzene rings is 2. The van der Waals surface area contributed by atoms with E-state index >= 15 is 0 Å². The zero-order chi connectivity index (χ0) is 17.1. The molecule has 0 saturated carbocycles. The fourth-order valence-corrected chi connectivity index (χ4v) is 2.19. The van der Waals surface area contributed by atoms with Gasteiger partial charge in [0.05, 0.1) is 18.2 Å². The molecular formula is C17H13NO6. The van der Waals surface area contributed by atoms with Crippen LogP contribution in [0.5, 0.6) is 11.5 Å². The molecule has 0 atom stereocenters. The smallest absolute Gasteiger partial charge is 0.370 e. The Labute approximate surface area is 137 Å². The predicted molar refractivity (Wildman–Crippen MR) is 81.5 cm³/mol. The van der Waals surface area contributed by atoms with E-state index in [1.807, 2.05) is 0 Å². The number of ether oxygens (including phenoxy) is 2. The highest BCUT2D eigenvalue weighted by atomic mass is 16.7. The van der Waals surface area contributed by atoms with Gasteiger partial charge in [0.2, 0.25) is 0 Å².